The Bertz CT molecular complexity index is 1530. The van der Waals surface area contributed by atoms with Crippen molar-refractivity contribution in [1.82, 2.24) is 14.3 Å². The fourth-order valence-electron chi connectivity index (χ4n) is 4.56. The van der Waals surface area contributed by atoms with Crippen LogP contribution in [0.15, 0.2) is 65.8 Å². The van der Waals surface area contributed by atoms with E-state index in [2.05, 4.69) is 18.0 Å². The molecule has 37 heavy (non-hydrogen) atoms. The third kappa shape index (κ3) is 5.27. The monoisotopic (exact) mass is 554 g/mol. The zero-order valence-electron chi connectivity index (χ0n) is 20.6. The van der Waals surface area contributed by atoms with E-state index in [1.54, 1.807) is 29.4 Å². The molecular formula is C27H27ClN4O3S2. The number of hydrogen-bond donors (Lipinski definition) is 0. The third-order valence-corrected chi connectivity index (χ3v) is 10.1. The number of benzene rings is 2. The van der Waals surface area contributed by atoms with E-state index >= 15 is 0 Å². The van der Waals surface area contributed by atoms with Crippen molar-refractivity contribution >= 4 is 54.2 Å². The van der Waals surface area contributed by atoms with Crippen molar-refractivity contribution in [3.63, 3.8) is 0 Å². The van der Waals surface area contributed by atoms with Gasteiger partial charge in [-0.25, -0.2) is 13.4 Å². The summed E-state index contributed by atoms with van der Waals surface area (Å²) in [5.41, 5.74) is 4.08. The van der Waals surface area contributed by atoms with Gasteiger partial charge in [0, 0.05) is 36.4 Å². The van der Waals surface area contributed by atoms with E-state index in [0.717, 1.165) is 26.9 Å². The lowest BCUT2D eigenvalue weighted by Gasteiger charge is -2.33. The van der Waals surface area contributed by atoms with Crippen molar-refractivity contribution in [2.24, 2.45) is 5.92 Å². The van der Waals surface area contributed by atoms with Gasteiger partial charge in [-0.1, -0.05) is 35.1 Å². The first-order valence-electron chi connectivity index (χ1n) is 12.1. The predicted molar refractivity (Wildman–Crippen MR) is 147 cm³/mol. The summed E-state index contributed by atoms with van der Waals surface area (Å²) >= 11 is 7.42. The number of aryl methyl sites for hydroxylation is 2. The number of hydrogen-bond acceptors (Lipinski definition) is 6. The van der Waals surface area contributed by atoms with Crippen LogP contribution in [0.2, 0.25) is 5.02 Å². The lowest BCUT2D eigenvalue weighted by atomic mass is 9.96. The molecule has 1 saturated heterocycles. The van der Waals surface area contributed by atoms with E-state index in [1.807, 2.05) is 25.1 Å². The quantitative estimate of drug-likeness (QED) is 0.310. The summed E-state index contributed by atoms with van der Waals surface area (Å²) in [5.74, 6) is -0.344. The molecule has 0 aliphatic carbocycles. The number of halogens is 1. The minimum absolute atomic E-state index is 0.0409. The highest BCUT2D eigenvalue weighted by Crippen LogP contribution is 2.35. The van der Waals surface area contributed by atoms with Crippen LogP contribution in [0.4, 0.5) is 5.13 Å². The Morgan fingerprint density at radius 2 is 1.84 bits per heavy atom. The maximum absolute atomic E-state index is 13.9. The molecule has 2 aromatic carbocycles. The average Bonchev–Trinajstić information content (AvgIpc) is 3.35. The van der Waals surface area contributed by atoms with Crippen LogP contribution in [0.25, 0.3) is 10.2 Å². The van der Waals surface area contributed by atoms with Crippen LogP contribution in [0, 0.1) is 19.8 Å². The van der Waals surface area contributed by atoms with Gasteiger partial charge in [-0.05, 0) is 79.8 Å². The molecule has 1 aliphatic rings. The smallest absolute Gasteiger partial charge is 0.243 e. The average molecular weight is 555 g/mol. The van der Waals surface area contributed by atoms with Crippen LogP contribution in [0.3, 0.4) is 0 Å². The number of carbonyl (C=O) groups is 1. The van der Waals surface area contributed by atoms with Gasteiger partial charge in [0.05, 0.1) is 21.7 Å². The molecule has 0 atom stereocenters. The van der Waals surface area contributed by atoms with E-state index in [4.69, 9.17) is 16.6 Å². The molecule has 0 unspecified atom stereocenters. The van der Waals surface area contributed by atoms with E-state index < -0.39 is 10.0 Å². The van der Waals surface area contributed by atoms with Gasteiger partial charge in [0.15, 0.2) is 5.13 Å². The van der Waals surface area contributed by atoms with Crippen LogP contribution < -0.4 is 4.90 Å². The van der Waals surface area contributed by atoms with Crippen molar-refractivity contribution in [3.05, 3.63) is 82.6 Å². The topological polar surface area (TPSA) is 83.5 Å². The first kappa shape index (κ1) is 25.8. The second kappa shape index (κ2) is 10.5. The molecule has 10 heteroatoms. The number of fused-ring (bicyclic) bond motifs is 1. The maximum Gasteiger partial charge on any atom is 0.243 e. The fraction of sp³-hybridized carbons (Fsp3) is 0.296. The Balaban J connectivity index is 1.39. The zero-order chi connectivity index (χ0) is 26.2. The summed E-state index contributed by atoms with van der Waals surface area (Å²) in [6, 6.07) is 14.1. The first-order chi connectivity index (χ1) is 17.7. The van der Waals surface area contributed by atoms with Gasteiger partial charge < -0.3 is 0 Å². The van der Waals surface area contributed by atoms with Crippen LogP contribution in [-0.2, 0) is 21.4 Å². The SMILES string of the molecule is Cc1ccc2sc(N(Cc3cccnc3)C(=O)C3CCN(S(=O)(=O)c4ccc(Cl)cc4)CC3)nc2c1C. The molecule has 0 radical (unpaired) electrons. The van der Waals surface area contributed by atoms with Gasteiger partial charge in [0.2, 0.25) is 15.9 Å². The summed E-state index contributed by atoms with van der Waals surface area (Å²) in [7, 11) is -3.64. The van der Waals surface area contributed by atoms with Crippen molar-refractivity contribution in [3.8, 4) is 0 Å². The number of aromatic nitrogens is 2. The number of amides is 1. The standard InChI is InChI=1S/C27H27ClN4O3S2/c1-18-5-10-24-25(19(18)2)30-27(36-24)32(17-20-4-3-13-29-16-20)26(33)21-11-14-31(15-12-21)37(34,35)23-8-6-22(28)7-9-23/h3-10,13,16,21H,11-12,14-15,17H2,1-2H3. The molecule has 0 spiro atoms. The molecule has 5 rings (SSSR count). The summed E-state index contributed by atoms with van der Waals surface area (Å²) < 4.78 is 28.7. The fourth-order valence-corrected chi connectivity index (χ4v) is 7.19. The van der Waals surface area contributed by atoms with Crippen LogP contribution >= 0.6 is 22.9 Å². The van der Waals surface area contributed by atoms with Gasteiger partial charge in [0.25, 0.3) is 0 Å². The van der Waals surface area contributed by atoms with Gasteiger partial charge in [-0.3, -0.25) is 14.7 Å². The largest absolute Gasteiger partial charge is 0.283 e. The normalized spacial score (nSPS) is 15.2. The molecule has 4 aromatic rings. The molecule has 2 aromatic heterocycles. The number of carbonyl (C=O) groups excluding carboxylic acids is 1. The Morgan fingerprint density at radius 3 is 2.51 bits per heavy atom. The number of anilines is 1. The first-order valence-corrected chi connectivity index (χ1v) is 14.7. The van der Waals surface area contributed by atoms with Gasteiger partial charge in [-0.15, -0.1) is 0 Å². The number of nitrogens with zero attached hydrogens (tertiary/aromatic N) is 4. The van der Waals surface area contributed by atoms with E-state index in [1.165, 1.54) is 27.8 Å². The molecule has 3 heterocycles. The van der Waals surface area contributed by atoms with Gasteiger partial charge >= 0.3 is 0 Å². The molecule has 1 fully saturated rings. The minimum Gasteiger partial charge on any atom is -0.283 e. The van der Waals surface area contributed by atoms with E-state index in [0.29, 0.717) is 29.5 Å². The molecule has 7 nitrogen and oxygen atoms in total. The number of sulfonamides is 1. The summed E-state index contributed by atoms with van der Waals surface area (Å²) in [5, 5.41) is 1.13. The van der Waals surface area contributed by atoms with Crippen LogP contribution in [0.5, 0.6) is 0 Å². The Hall–Kier alpha value is -2.85. The van der Waals surface area contributed by atoms with Crippen molar-refractivity contribution in [2.75, 3.05) is 18.0 Å². The third-order valence-electron chi connectivity index (χ3n) is 6.89. The number of piperidine rings is 1. The number of pyridine rings is 1. The van der Waals surface area contributed by atoms with Gasteiger partial charge in [-0.2, -0.15) is 4.31 Å². The van der Waals surface area contributed by atoms with Crippen molar-refractivity contribution in [1.29, 1.82) is 0 Å². The summed E-state index contributed by atoms with van der Waals surface area (Å²) in [6.45, 7) is 5.01. The van der Waals surface area contributed by atoms with E-state index in [9.17, 15) is 13.2 Å². The number of rotatable bonds is 6. The van der Waals surface area contributed by atoms with Crippen molar-refractivity contribution < 1.29 is 13.2 Å². The highest BCUT2D eigenvalue weighted by atomic mass is 35.5. The van der Waals surface area contributed by atoms with Crippen LogP contribution in [-0.4, -0.2) is 41.7 Å². The van der Waals surface area contributed by atoms with Crippen molar-refractivity contribution in [2.45, 2.75) is 38.1 Å². The number of thiazole rings is 1. The Morgan fingerprint density at radius 1 is 1.11 bits per heavy atom. The lowest BCUT2D eigenvalue weighted by molar-refractivity contribution is -0.123. The Kier molecular flexibility index (Phi) is 7.31. The highest BCUT2D eigenvalue weighted by molar-refractivity contribution is 7.89. The molecule has 0 saturated carbocycles. The molecule has 192 valence electrons. The summed E-state index contributed by atoms with van der Waals surface area (Å²) in [4.78, 5) is 24.9. The van der Waals surface area contributed by atoms with Crippen LogP contribution in [0.1, 0.15) is 29.5 Å². The second-order valence-corrected chi connectivity index (χ2v) is 12.7. The molecule has 1 aliphatic heterocycles. The molecule has 0 bridgehead atoms. The van der Waals surface area contributed by atoms with E-state index in [-0.39, 0.29) is 29.8 Å². The Labute approximate surface area is 225 Å². The highest BCUT2D eigenvalue weighted by Gasteiger charge is 2.35. The predicted octanol–water partition coefficient (Wildman–Crippen LogP) is 5.60. The lowest BCUT2D eigenvalue weighted by Crippen LogP contribution is -2.44. The molecule has 1 amide bonds. The minimum atomic E-state index is -3.64. The van der Waals surface area contributed by atoms with Gasteiger partial charge in [0.1, 0.15) is 0 Å². The molecule has 0 N–H and O–H groups in total. The second-order valence-electron chi connectivity index (χ2n) is 9.27. The zero-order valence-corrected chi connectivity index (χ0v) is 23.0. The maximum atomic E-state index is 13.9. The summed E-state index contributed by atoms with van der Waals surface area (Å²) in [6.07, 6.45) is 4.34. The molecular weight excluding hydrogens is 528 g/mol.